The Balaban J connectivity index is 2.39. The fourth-order valence-electron chi connectivity index (χ4n) is 2.23. The van der Waals surface area contributed by atoms with E-state index in [2.05, 4.69) is 0 Å². The summed E-state index contributed by atoms with van der Waals surface area (Å²) in [6.45, 7) is 3.71. The predicted octanol–water partition coefficient (Wildman–Crippen LogP) is 4.08. The molecule has 0 spiro atoms. The maximum atomic E-state index is 13.3. The molecule has 0 aliphatic heterocycles. The average Bonchev–Trinajstić information content (AvgIpc) is 2.37. The first kappa shape index (κ1) is 14.6. The highest BCUT2D eigenvalue weighted by Crippen LogP contribution is 2.35. The summed E-state index contributed by atoms with van der Waals surface area (Å²) >= 11 is 0. The van der Waals surface area contributed by atoms with E-state index in [4.69, 9.17) is 5.73 Å². The van der Waals surface area contributed by atoms with Crippen LogP contribution in [0.4, 0.5) is 13.2 Å². The predicted molar refractivity (Wildman–Crippen MR) is 72.7 cm³/mol. The Kier molecular flexibility index (Phi) is 3.86. The lowest BCUT2D eigenvalue weighted by Gasteiger charge is -2.32. The van der Waals surface area contributed by atoms with Crippen molar-refractivity contribution >= 4 is 0 Å². The van der Waals surface area contributed by atoms with E-state index in [-0.39, 0.29) is 5.82 Å². The third-order valence-corrected chi connectivity index (χ3v) is 3.61. The summed E-state index contributed by atoms with van der Waals surface area (Å²) in [6.07, 6.45) is 0. The van der Waals surface area contributed by atoms with Crippen LogP contribution < -0.4 is 5.73 Å². The van der Waals surface area contributed by atoms with Gasteiger partial charge >= 0.3 is 0 Å². The zero-order valence-corrected chi connectivity index (χ0v) is 11.3. The fourth-order valence-corrected chi connectivity index (χ4v) is 2.23. The average molecular weight is 279 g/mol. The summed E-state index contributed by atoms with van der Waals surface area (Å²) in [7, 11) is 0. The molecule has 0 aliphatic rings. The van der Waals surface area contributed by atoms with E-state index in [1.54, 1.807) is 12.1 Å². The Bertz CT molecular complexity index is 585. The van der Waals surface area contributed by atoms with Crippen molar-refractivity contribution in [2.75, 3.05) is 0 Å². The Hall–Kier alpha value is -1.81. The van der Waals surface area contributed by atoms with Gasteiger partial charge in [-0.2, -0.15) is 0 Å². The van der Waals surface area contributed by atoms with Crippen LogP contribution in [0.25, 0.3) is 0 Å². The zero-order valence-electron chi connectivity index (χ0n) is 11.3. The van der Waals surface area contributed by atoms with Crippen LogP contribution >= 0.6 is 0 Å². The van der Waals surface area contributed by atoms with Gasteiger partial charge in [-0.15, -0.1) is 0 Å². The number of hydrogen-bond acceptors (Lipinski definition) is 1. The largest absolute Gasteiger partial charge is 0.323 e. The molecule has 0 saturated carbocycles. The Morgan fingerprint density at radius 2 is 1.35 bits per heavy atom. The van der Waals surface area contributed by atoms with E-state index in [9.17, 15) is 13.2 Å². The third-order valence-electron chi connectivity index (χ3n) is 3.61. The Morgan fingerprint density at radius 3 is 1.85 bits per heavy atom. The molecule has 0 fully saturated rings. The molecule has 2 aromatic rings. The minimum absolute atomic E-state index is 0.338. The number of nitrogens with two attached hydrogens (primary N) is 1. The van der Waals surface area contributed by atoms with E-state index >= 15 is 0 Å². The molecule has 0 bridgehead atoms. The van der Waals surface area contributed by atoms with Gasteiger partial charge in [0.2, 0.25) is 0 Å². The summed E-state index contributed by atoms with van der Waals surface area (Å²) < 4.78 is 39.5. The zero-order chi connectivity index (χ0) is 14.9. The van der Waals surface area contributed by atoms with Gasteiger partial charge in [0.25, 0.3) is 0 Å². The summed E-state index contributed by atoms with van der Waals surface area (Å²) in [5.41, 5.74) is 6.74. The molecule has 20 heavy (non-hydrogen) atoms. The second-order valence-electron chi connectivity index (χ2n) is 5.41. The Morgan fingerprint density at radius 1 is 0.850 bits per heavy atom. The molecule has 0 aliphatic carbocycles. The monoisotopic (exact) mass is 279 g/mol. The van der Waals surface area contributed by atoms with E-state index < -0.39 is 23.1 Å². The lowest BCUT2D eigenvalue weighted by atomic mass is 9.75. The molecule has 2 N–H and O–H groups in total. The molecule has 0 saturated heterocycles. The van der Waals surface area contributed by atoms with Crippen LogP contribution in [-0.4, -0.2) is 0 Å². The summed E-state index contributed by atoms with van der Waals surface area (Å²) in [5, 5.41) is 0. The fraction of sp³-hybridized carbons (Fsp3) is 0.250. The molecule has 4 heteroatoms. The van der Waals surface area contributed by atoms with Crippen LogP contribution in [0.1, 0.15) is 31.0 Å². The van der Waals surface area contributed by atoms with Crippen molar-refractivity contribution in [2.24, 2.45) is 5.73 Å². The van der Waals surface area contributed by atoms with Crippen LogP contribution in [-0.2, 0) is 5.41 Å². The molecule has 0 radical (unpaired) electrons. The molecule has 2 aromatic carbocycles. The highest BCUT2D eigenvalue weighted by molar-refractivity contribution is 5.32. The van der Waals surface area contributed by atoms with E-state index in [1.807, 2.05) is 13.8 Å². The third kappa shape index (κ3) is 2.85. The van der Waals surface area contributed by atoms with E-state index in [0.717, 1.165) is 11.6 Å². The topological polar surface area (TPSA) is 26.0 Å². The van der Waals surface area contributed by atoms with Crippen molar-refractivity contribution in [3.05, 3.63) is 71.0 Å². The minimum Gasteiger partial charge on any atom is -0.323 e. The maximum Gasteiger partial charge on any atom is 0.126 e. The maximum absolute atomic E-state index is 13.3. The van der Waals surface area contributed by atoms with Crippen molar-refractivity contribution in [3.8, 4) is 0 Å². The van der Waals surface area contributed by atoms with Crippen LogP contribution in [0.15, 0.2) is 42.5 Å². The summed E-state index contributed by atoms with van der Waals surface area (Å²) in [5.74, 6) is -1.66. The smallest absolute Gasteiger partial charge is 0.126 e. The second-order valence-corrected chi connectivity index (χ2v) is 5.41. The molecule has 0 amide bonds. The number of hydrogen-bond donors (Lipinski definition) is 1. The molecular weight excluding hydrogens is 263 g/mol. The molecule has 0 heterocycles. The van der Waals surface area contributed by atoms with Crippen LogP contribution in [0.2, 0.25) is 0 Å². The van der Waals surface area contributed by atoms with Gasteiger partial charge < -0.3 is 5.73 Å². The minimum atomic E-state index is -0.662. The number of halogens is 3. The van der Waals surface area contributed by atoms with Crippen LogP contribution in [0.5, 0.6) is 0 Å². The standard InChI is InChI=1S/C16H16F3N/c1-16(2,11-3-5-12(17)6-4-11)15(20)10-7-13(18)9-14(19)8-10/h3-9,15H,20H2,1-2H3. The lowest BCUT2D eigenvalue weighted by Crippen LogP contribution is -2.33. The van der Waals surface area contributed by atoms with Gasteiger partial charge in [-0.25, -0.2) is 13.2 Å². The number of rotatable bonds is 3. The molecule has 106 valence electrons. The van der Waals surface area contributed by atoms with E-state index in [1.165, 1.54) is 24.3 Å². The van der Waals surface area contributed by atoms with Gasteiger partial charge in [0.1, 0.15) is 17.5 Å². The van der Waals surface area contributed by atoms with Gasteiger partial charge in [0.05, 0.1) is 0 Å². The first-order valence-corrected chi connectivity index (χ1v) is 6.28. The van der Waals surface area contributed by atoms with Crippen molar-refractivity contribution in [1.82, 2.24) is 0 Å². The van der Waals surface area contributed by atoms with Gasteiger partial charge in [-0.05, 0) is 35.4 Å². The SMILES string of the molecule is CC(C)(c1ccc(F)cc1)C(N)c1cc(F)cc(F)c1. The van der Waals surface area contributed by atoms with Gasteiger partial charge in [0.15, 0.2) is 0 Å². The summed E-state index contributed by atoms with van der Waals surface area (Å²) in [6, 6.07) is 8.58. The van der Waals surface area contributed by atoms with Gasteiger partial charge in [-0.1, -0.05) is 26.0 Å². The van der Waals surface area contributed by atoms with Gasteiger partial charge in [-0.3, -0.25) is 0 Å². The van der Waals surface area contributed by atoms with Crippen LogP contribution in [0.3, 0.4) is 0 Å². The normalized spacial score (nSPS) is 13.3. The highest BCUT2D eigenvalue weighted by atomic mass is 19.1. The van der Waals surface area contributed by atoms with Crippen molar-refractivity contribution < 1.29 is 13.2 Å². The van der Waals surface area contributed by atoms with Crippen molar-refractivity contribution in [2.45, 2.75) is 25.3 Å². The lowest BCUT2D eigenvalue weighted by molar-refractivity contribution is 0.416. The van der Waals surface area contributed by atoms with E-state index in [0.29, 0.717) is 5.56 Å². The second kappa shape index (κ2) is 5.29. The van der Waals surface area contributed by atoms with Crippen LogP contribution in [0, 0.1) is 17.5 Å². The molecule has 1 nitrogen and oxygen atoms in total. The van der Waals surface area contributed by atoms with Crippen molar-refractivity contribution in [3.63, 3.8) is 0 Å². The molecule has 1 atom stereocenters. The first-order chi connectivity index (χ1) is 9.30. The number of benzene rings is 2. The van der Waals surface area contributed by atoms with Gasteiger partial charge in [0, 0.05) is 17.5 Å². The molecule has 0 aromatic heterocycles. The van der Waals surface area contributed by atoms with Crippen molar-refractivity contribution in [1.29, 1.82) is 0 Å². The highest BCUT2D eigenvalue weighted by Gasteiger charge is 2.30. The molecule has 2 rings (SSSR count). The first-order valence-electron chi connectivity index (χ1n) is 6.28. The quantitative estimate of drug-likeness (QED) is 0.900. The molecular formula is C16H16F3N. The summed E-state index contributed by atoms with van der Waals surface area (Å²) in [4.78, 5) is 0. The Labute approximate surface area is 116 Å². The molecule has 1 unspecified atom stereocenters.